The fourth-order valence-electron chi connectivity index (χ4n) is 3.60. The van der Waals surface area contributed by atoms with Crippen LogP contribution in [0.4, 0.5) is 5.82 Å². The molecule has 2 aliphatic heterocycles. The number of ether oxygens (including phenoxy) is 1. The van der Waals surface area contributed by atoms with Crippen LogP contribution < -0.4 is 10.2 Å². The molecule has 26 heavy (non-hydrogen) atoms. The molecule has 0 spiro atoms. The highest BCUT2D eigenvalue weighted by Gasteiger charge is 2.34. The van der Waals surface area contributed by atoms with Crippen LogP contribution in [0.25, 0.3) is 0 Å². The third-order valence-corrected chi connectivity index (χ3v) is 4.91. The molecule has 0 unspecified atom stereocenters. The number of carbonyl (C=O) groups excluding carboxylic acids is 2. The molecule has 1 saturated heterocycles. The van der Waals surface area contributed by atoms with Gasteiger partial charge in [-0.3, -0.25) is 19.2 Å². The summed E-state index contributed by atoms with van der Waals surface area (Å²) < 4.78 is 7.16. The molecule has 3 heterocycles. The van der Waals surface area contributed by atoms with Gasteiger partial charge in [-0.15, -0.1) is 0 Å². The van der Waals surface area contributed by atoms with E-state index >= 15 is 0 Å². The van der Waals surface area contributed by atoms with E-state index in [1.165, 1.54) is 0 Å². The number of benzene rings is 1. The Labute approximate surface area is 151 Å². The minimum absolute atomic E-state index is 0.0746. The number of aromatic nitrogens is 2. The van der Waals surface area contributed by atoms with Crippen molar-refractivity contribution in [3.8, 4) is 0 Å². The summed E-state index contributed by atoms with van der Waals surface area (Å²) in [5, 5.41) is 7.55. The van der Waals surface area contributed by atoms with Gasteiger partial charge in [-0.25, -0.2) is 0 Å². The lowest BCUT2D eigenvalue weighted by Gasteiger charge is -2.31. The van der Waals surface area contributed by atoms with Gasteiger partial charge in [0.2, 0.25) is 5.91 Å². The summed E-state index contributed by atoms with van der Waals surface area (Å²) in [6.45, 7) is 1.15. The van der Waals surface area contributed by atoms with Crippen molar-refractivity contribution >= 4 is 17.6 Å². The van der Waals surface area contributed by atoms with Gasteiger partial charge in [-0.05, 0) is 31.4 Å². The second-order valence-electron chi connectivity index (χ2n) is 6.76. The van der Waals surface area contributed by atoms with E-state index in [1.807, 2.05) is 31.4 Å². The van der Waals surface area contributed by atoms with Crippen molar-refractivity contribution in [2.75, 3.05) is 18.1 Å². The lowest BCUT2D eigenvalue weighted by molar-refractivity contribution is -0.130. The van der Waals surface area contributed by atoms with Crippen molar-refractivity contribution in [1.29, 1.82) is 0 Å². The molecule has 1 fully saturated rings. The second-order valence-corrected chi connectivity index (χ2v) is 6.76. The Bertz CT molecular complexity index is 811. The molecular weight excluding hydrogens is 332 g/mol. The first kappa shape index (κ1) is 16.8. The van der Waals surface area contributed by atoms with E-state index in [2.05, 4.69) is 10.4 Å². The summed E-state index contributed by atoms with van der Waals surface area (Å²) in [4.78, 5) is 27.0. The molecule has 1 aromatic heterocycles. The number of anilines is 1. The van der Waals surface area contributed by atoms with Crippen LogP contribution in [0.1, 0.15) is 41.2 Å². The lowest BCUT2D eigenvalue weighted by atomic mass is 10.00. The summed E-state index contributed by atoms with van der Waals surface area (Å²) in [6.07, 6.45) is 3.84. The Balaban J connectivity index is 1.57. The SMILES string of the molecule is Cn1cc2c(n1)N(C(=O)c1ccccc1)CC[C@@H]2NC(=O)[C@H]1CCCO1. The van der Waals surface area contributed by atoms with Gasteiger partial charge in [-0.2, -0.15) is 5.10 Å². The van der Waals surface area contributed by atoms with Crippen LogP contribution in [-0.2, 0) is 16.6 Å². The van der Waals surface area contributed by atoms with Crippen molar-refractivity contribution in [1.82, 2.24) is 15.1 Å². The van der Waals surface area contributed by atoms with Crippen LogP contribution in [0, 0.1) is 0 Å². The summed E-state index contributed by atoms with van der Waals surface area (Å²) >= 11 is 0. The average Bonchev–Trinajstić information content (AvgIpc) is 3.31. The molecule has 0 radical (unpaired) electrons. The first-order chi connectivity index (χ1) is 12.6. The van der Waals surface area contributed by atoms with Crippen LogP contribution in [0.3, 0.4) is 0 Å². The van der Waals surface area contributed by atoms with Gasteiger partial charge in [0.15, 0.2) is 5.82 Å². The van der Waals surface area contributed by atoms with E-state index in [-0.39, 0.29) is 24.0 Å². The van der Waals surface area contributed by atoms with Crippen LogP contribution in [0.5, 0.6) is 0 Å². The van der Waals surface area contributed by atoms with Gasteiger partial charge < -0.3 is 10.1 Å². The van der Waals surface area contributed by atoms with Gasteiger partial charge in [0, 0.05) is 37.5 Å². The third-order valence-electron chi connectivity index (χ3n) is 4.91. The van der Waals surface area contributed by atoms with E-state index in [9.17, 15) is 9.59 Å². The fraction of sp³-hybridized carbons (Fsp3) is 0.421. The van der Waals surface area contributed by atoms with E-state index in [0.29, 0.717) is 31.0 Å². The zero-order valence-corrected chi connectivity index (χ0v) is 14.7. The highest BCUT2D eigenvalue weighted by atomic mass is 16.5. The highest BCUT2D eigenvalue weighted by Crippen LogP contribution is 2.33. The fourth-order valence-corrected chi connectivity index (χ4v) is 3.60. The monoisotopic (exact) mass is 354 g/mol. The number of hydrogen-bond acceptors (Lipinski definition) is 4. The highest BCUT2D eigenvalue weighted by molar-refractivity contribution is 6.06. The van der Waals surface area contributed by atoms with Crippen LogP contribution in [0.2, 0.25) is 0 Å². The molecule has 2 amide bonds. The zero-order chi connectivity index (χ0) is 18.1. The molecular formula is C19H22N4O3. The number of nitrogens with zero attached hydrogens (tertiary/aromatic N) is 3. The van der Waals surface area contributed by atoms with Crippen molar-refractivity contribution in [2.45, 2.75) is 31.4 Å². The maximum atomic E-state index is 12.9. The molecule has 0 saturated carbocycles. The van der Waals surface area contributed by atoms with Crippen molar-refractivity contribution in [3.63, 3.8) is 0 Å². The Morgan fingerprint density at radius 3 is 2.77 bits per heavy atom. The quantitative estimate of drug-likeness (QED) is 0.912. The molecule has 1 aromatic carbocycles. The Morgan fingerprint density at radius 2 is 2.04 bits per heavy atom. The zero-order valence-electron chi connectivity index (χ0n) is 14.7. The normalized spacial score (nSPS) is 22.1. The summed E-state index contributed by atoms with van der Waals surface area (Å²) in [6, 6.07) is 9.03. The van der Waals surface area contributed by atoms with E-state index in [1.54, 1.807) is 21.7 Å². The van der Waals surface area contributed by atoms with Crippen LogP contribution >= 0.6 is 0 Å². The molecule has 2 atom stereocenters. The van der Waals surface area contributed by atoms with Crippen molar-refractivity contribution in [3.05, 3.63) is 47.7 Å². The minimum Gasteiger partial charge on any atom is -0.368 e. The molecule has 1 N–H and O–H groups in total. The van der Waals surface area contributed by atoms with Crippen molar-refractivity contribution in [2.24, 2.45) is 7.05 Å². The Morgan fingerprint density at radius 1 is 1.23 bits per heavy atom. The first-order valence-corrected chi connectivity index (χ1v) is 8.96. The second kappa shape index (κ2) is 6.92. The molecule has 7 heteroatoms. The summed E-state index contributed by atoms with van der Waals surface area (Å²) in [7, 11) is 1.82. The number of nitrogens with one attached hydrogen (secondary N) is 1. The maximum absolute atomic E-state index is 12.9. The standard InChI is InChI=1S/C19H22N4O3/c1-22-12-14-15(20-18(24)16-8-5-11-26-16)9-10-23(17(14)21-22)19(25)13-6-3-2-4-7-13/h2-4,6-7,12,15-16H,5,8-11H2,1H3,(H,20,24)/t15-,16+/m0/s1. The van der Waals surface area contributed by atoms with Gasteiger partial charge >= 0.3 is 0 Å². The largest absolute Gasteiger partial charge is 0.368 e. The molecule has 7 nitrogen and oxygen atoms in total. The van der Waals surface area contributed by atoms with Gasteiger partial charge in [0.25, 0.3) is 5.91 Å². The third kappa shape index (κ3) is 3.10. The number of rotatable bonds is 3. The van der Waals surface area contributed by atoms with Gasteiger partial charge in [0.05, 0.1) is 6.04 Å². The summed E-state index contributed by atoms with van der Waals surface area (Å²) in [5.41, 5.74) is 1.50. The van der Waals surface area contributed by atoms with Crippen LogP contribution in [0.15, 0.2) is 36.5 Å². The Kier molecular flexibility index (Phi) is 4.46. The van der Waals surface area contributed by atoms with E-state index < -0.39 is 0 Å². The molecule has 2 aliphatic rings. The average molecular weight is 354 g/mol. The topological polar surface area (TPSA) is 76.5 Å². The number of aryl methyl sites for hydroxylation is 1. The molecule has 2 aromatic rings. The van der Waals surface area contributed by atoms with Crippen LogP contribution in [-0.4, -0.2) is 40.9 Å². The smallest absolute Gasteiger partial charge is 0.259 e. The predicted molar refractivity (Wildman–Crippen MR) is 95.8 cm³/mol. The number of fused-ring (bicyclic) bond motifs is 1. The number of hydrogen-bond donors (Lipinski definition) is 1. The minimum atomic E-state index is -0.362. The summed E-state index contributed by atoms with van der Waals surface area (Å²) in [5.74, 6) is 0.463. The number of amides is 2. The van der Waals surface area contributed by atoms with Gasteiger partial charge in [0.1, 0.15) is 6.10 Å². The number of carbonyl (C=O) groups is 2. The molecule has 4 rings (SSSR count). The first-order valence-electron chi connectivity index (χ1n) is 8.96. The van der Waals surface area contributed by atoms with Crippen molar-refractivity contribution < 1.29 is 14.3 Å². The lowest BCUT2D eigenvalue weighted by Crippen LogP contribution is -2.43. The molecule has 136 valence electrons. The molecule has 0 aliphatic carbocycles. The maximum Gasteiger partial charge on any atom is 0.259 e. The van der Waals surface area contributed by atoms with E-state index in [4.69, 9.17) is 4.74 Å². The van der Waals surface area contributed by atoms with E-state index in [0.717, 1.165) is 18.4 Å². The Hall–Kier alpha value is -2.67. The van der Waals surface area contributed by atoms with Gasteiger partial charge in [-0.1, -0.05) is 18.2 Å². The predicted octanol–water partition coefficient (Wildman–Crippen LogP) is 1.81. The molecule has 0 bridgehead atoms.